The van der Waals surface area contributed by atoms with Gasteiger partial charge in [0, 0.05) is 38.0 Å². The maximum atomic E-state index is 4.44. The molecule has 1 atom stereocenters. The van der Waals surface area contributed by atoms with Crippen LogP contribution in [-0.4, -0.2) is 54.3 Å². The van der Waals surface area contributed by atoms with Crippen molar-refractivity contribution < 1.29 is 0 Å². The van der Waals surface area contributed by atoms with E-state index in [-0.39, 0.29) is 0 Å². The molecular weight excluding hydrogens is 204 g/mol. The van der Waals surface area contributed by atoms with Gasteiger partial charge in [0.05, 0.1) is 0 Å². The average molecular weight is 230 g/mol. The van der Waals surface area contributed by atoms with Gasteiger partial charge in [-0.3, -0.25) is 4.90 Å². The predicted molar refractivity (Wildman–Crippen MR) is 70.9 cm³/mol. The molecule has 1 aliphatic rings. The molecule has 0 saturated carbocycles. The van der Waals surface area contributed by atoms with Crippen molar-refractivity contribution in [2.45, 2.75) is 38.4 Å². The lowest BCUT2D eigenvalue weighted by atomic mass is 10.2. The minimum Gasteiger partial charge on any atom is -0.301 e. The molecule has 1 heterocycles. The molecule has 0 aromatic rings. The first-order valence-electron chi connectivity index (χ1n) is 6.35. The van der Waals surface area contributed by atoms with Gasteiger partial charge in [0.15, 0.2) is 0 Å². The van der Waals surface area contributed by atoms with Crippen LogP contribution in [0, 0.1) is 0 Å². The Balaban J connectivity index is 2.07. The van der Waals surface area contributed by atoms with Gasteiger partial charge in [-0.25, -0.2) is 0 Å². The Morgan fingerprint density at radius 2 is 1.67 bits per heavy atom. The number of hydrogen-bond acceptors (Lipinski definition) is 3. The molecule has 0 aromatic carbocycles. The molecule has 1 saturated heterocycles. The van der Waals surface area contributed by atoms with Crippen molar-refractivity contribution in [1.82, 2.24) is 9.80 Å². The van der Waals surface area contributed by atoms with Crippen molar-refractivity contribution in [3.05, 3.63) is 0 Å². The maximum Gasteiger partial charge on any atom is 0.0116 e. The Labute approximate surface area is 100 Å². The van der Waals surface area contributed by atoms with Crippen LogP contribution in [-0.2, 0) is 0 Å². The normalized spacial score (nSPS) is 21.8. The Morgan fingerprint density at radius 1 is 1.07 bits per heavy atom. The van der Waals surface area contributed by atoms with Gasteiger partial charge in [0.2, 0.25) is 0 Å². The standard InChI is InChI=1S/C12H26N2S/c1-3-4-5-6-13-7-9-14(10-8-13)11-12(2)15/h12,15H,3-11H2,1-2H3. The van der Waals surface area contributed by atoms with E-state index in [4.69, 9.17) is 0 Å². The summed E-state index contributed by atoms with van der Waals surface area (Å²) in [5, 5.41) is 0.511. The van der Waals surface area contributed by atoms with Gasteiger partial charge < -0.3 is 4.90 Å². The summed E-state index contributed by atoms with van der Waals surface area (Å²) in [4.78, 5) is 5.14. The van der Waals surface area contributed by atoms with Gasteiger partial charge in [-0.1, -0.05) is 26.7 Å². The Bertz CT molecular complexity index is 154. The van der Waals surface area contributed by atoms with E-state index in [1.165, 1.54) is 52.0 Å². The highest BCUT2D eigenvalue weighted by molar-refractivity contribution is 7.80. The monoisotopic (exact) mass is 230 g/mol. The van der Waals surface area contributed by atoms with Crippen molar-refractivity contribution in [3.63, 3.8) is 0 Å². The van der Waals surface area contributed by atoms with Crippen LogP contribution < -0.4 is 0 Å². The first-order valence-corrected chi connectivity index (χ1v) is 6.86. The molecule has 1 fully saturated rings. The molecule has 1 unspecified atom stereocenters. The van der Waals surface area contributed by atoms with Crippen LogP contribution in [0.3, 0.4) is 0 Å². The first kappa shape index (κ1) is 13.3. The van der Waals surface area contributed by atoms with Crippen molar-refractivity contribution >= 4 is 12.6 Å². The lowest BCUT2D eigenvalue weighted by Crippen LogP contribution is -2.47. The molecule has 0 amide bonds. The Morgan fingerprint density at radius 3 is 2.20 bits per heavy atom. The smallest absolute Gasteiger partial charge is 0.0116 e. The first-order chi connectivity index (χ1) is 7.22. The summed E-state index contributed by atoms with van der Waals surface area (Å²) < 4.78 is 0. The van der Waals surface area contributed by atoms with E-state index >= 15 is 0 Å². The average Bonchev–Trinajstić information content (AvgIpc) is 2.20. The maximum absolute atomic E-state index is 4.44. The molecular formula is C12H26N2S. The third kappa shape index (κ3) is 5.79. The lowest BCUT2D eigenvalue weighted by molar-refractivity contribution is 0.132. The second-order valence-electron chi connectivity index (χ2n) is 4.70. The summed E-state index contributed by atoms with van der Waals surface area (Å²) in [7, 11) is 0. The van der Waals surface area contributed by atoms with E-state index in [0.29, 0.717) is 5.25 Å². The molecule has 0 aromatic heterocycles. The van der Waals surface area contributed by atoms with Crippen LogP contribution in [0.15, 0.2) is 0 Å². The van der Waals surface area contributed by atoms with Crippen molar-refractivity contribution in [3.8, 4) is 0 Å². The molecule has 0 spiro atoms. The zero-order valence-corrected chi connectivity index (χ0v) is 11.2. The van der Waals surface area contributed by atoms with Crippen molar-refractivity contribution in [2.75, 3.05) is 39.3 Å². The highest BCUT2D eigenvalue weighted by Crippen LogP contribution is 2.06. The Kier molecular flexibility index (Phi) is 6.69. The van der Waals surface area contributed by atoms with Crippen LogP contribution in [0.1, 0.15) is 33.1 Å². The summed E-state index contributed by atoms with van der Waals surface area (Å²) in [5.41, 5.74) is 0. The summed E-state index contributed by atoms with van der Waals surface area (Å²) in [6.45, 7) is 11.9. The van der Waals surface area contributed by atoms with Gasteiger partial charge in [0.1, 0.15) is 0 Å². The Hall–Kier alpha value is 0.270. The van der Waals surface area contributed by atoms with E-state index in [1.54, 1.807) is 0 Å². The van der Waals surface area contributed by atoms with Crippen LogP contribution in [0.25, 0.3) is 0 Å². The zero-order chi connectivity index (χ0) is 11.1. The largest absolute Gasteiger partial charge is 0.301 e. The fourth-order valence-corrected chi connectivity index (χ4v) is 2.39. The molecule has 1 aliphatic heterocycles. The highest BCUT2D eigenvalue weighted by Gasteiger charge is 2.16. The quantitative estimate of drug-likeness (QED) is 0.551. The van der Waals surface area contributed by atoms with E-state index in [0.717, 1.165) is 6.54 Å². The summed E-state index contributed by atoms with van der Waals surface area (Å²) in [6, 6.07) is 0. The molecule has 0 bridgehead atoms. The predicted octanol–water partition coefficient (Wildman–Crippen LogP) is 2.11. The summed E-state index contributed by atoms with van der Waals surface area (Å²) in [6.07, 6.45) is 4.09. The molecule has 0 aliphatic carbocycles. The number of unbranched alkanes of at least 4 members (excludes halogenated alkanes) is 2. The summed E-state index contributed by atoms with van der Waals surface area (Å²) in [5.74, 6) is 0. The van der Waals surface area contributed by atoms with E-state index < -0.39 is 0 Å². The number of thiol groups is 1. The number of piperazine rings is 1. The lowest BCUT2D eigenvalue weighted by Gasteiger charge is -2.35. The van der Waals surface area contributed by atoms with Gasteiger partial charge in [0.25, 0.3) is 0 Å². The number of nitrogens with zero attached hydrogens (tertiary/aromatic N) is 2. The molecule has 15 heavy (non-hydrogen) atoms. The molecule has 0 radical (unpaired) electrons. The van der Waals surface area contributed by atoms with E-state index in [1.807, 2.05) is 0 Å². The third-order valence-corrected chi connectivity index (χ3v) is 3.23. The minimum absolute atomic E-state index is 0.511. The molecule has 2 nitrogen and oxygen atoms in total. The number of hydrogen-bond donors (Lipinski definition) is 1. The fraction of sp³-hybridized carbons (Fsp3) is 1.00. The van der Waals surface area contributed by atoms with Crippen molar-refractivity contribution in [1.29, 1.82) is 0 Å². The van der Waals surface area contributed by atoms with Crippen LogP contribution in [0.2, 0.25) is 0 Å². The SMILES string of the molecule is CCCCCN1CCN(CC(C)S)CC1. The third-order valence-electron chi connectivity index (χ3n) is 3.07. The molecule has 3 heteroatoms. The van der Waals surface area contributed by atoms with E-state index in [9.17, 15) is 0 Å². The van der Waals surface area contributed by atoms with E-state index in [2.05, 4.69) is 36.3 Å². The van der Waals surface area contributed by atoms with Gasteiger partial charge >= 0.3 is 0 Å². The summed E-state index contributed by atoms with van der Waals surface area (Å²) >= 11 is 4.44. The van der Waals surface area contributed by atoms with Crippen LogP contribution in [0.4, 0.5) is 0 Å². The van der Waals surface area contributed by atoms with Gasteiger partial charge in [-0.05, 0) is 13.0 Å². The van der Waals surface area contributed by atoms with Crippen molar-refractivity contribution in [2.24, 2.45) is 0 Å². The van der Waals surface area contributed by atoms with Gasteiger partial charge in [-0.15, -0.1) is 0 Å². The second kappa shape index (κ2) is 7.53. The fourth-order valence-electron chi connectivity index (χ4n) is 2.15. The molecule has 90 valence electrons. The highest BCUT2D eigenvalue weighted by atomic mass is 32.1. The molecule has 0 N–H and O–H groups in total. The number of rotatable bonds is 6. The van der Waals surface area contributed by atoms with Crippen LogP contribution in [0.5, 0.6) is 0 Å². The molecule has 1 rings (SSSR count). The topological polar surface area (TPSA) is 6.48 Å². The van der Waals surface area contributed by atoms with Gasteiger partial charge in [-0.2, -0.15) is 12.6 Å². The van der Waals surface area contributed by atoms with Crippen LogP contribution >= 0.6 is 12.6 Å². The zero-order valence-electron chi connectivity index (χ0n) is 10.3. The second-order valence-corrected chi connectivity index (χ2v) is 5.58. The minimum atomic E-state index is 0.511.